The van der Waals surface area contributed by atoms with Crippen LogP contribution in [0.3, 0.4) is 0 Å². The molecule has 24 heavy (non-hydrogen) atoms. The molecule has 4 rings (SSSR count). The van der Waals surface area contributed by atoms with Crippen LogP contribution >= 0.6 is 0 Å². The topological polar surface area (TPSA) is 80.9 Å². The maximum absolute atomic E-state index is 9.41. The Hall–Kier alpha value is -3.40. The Morgan fingerprint density at radius 3 is 1.75 bits per heavy atom. The van der Waals surface area contributed by atoms with Gasteiger partial charge in [-0.25, -0.2) is 0 Å². The summed E-state index contributed by atoms with van der Waals surface area (Å²) < 4.78 is 0. The number of hydrogen-bond donors (Lipinski definition) is 4. The van der Waals surface area contributed by atoms with Gasteiger partial charge in [-0.15, -0.1) is 0 Å². The second kappa shape index (κ2) is 6.38. The fourth-order valence-corrected chi connectivity index (χ4v) is 2.47. The number of phenols is 4. The van der Waals surface area contributed by atoms with E-state index in [-0.39, 0.29) is 23.0 Å². The van der Waals surface area contributed by atoms with E-state index in [0.29, 0.717) is 5.39 Å². The van der Waals surface area contributed by atoms with E-state index in [2.05, 4.69) is 0 Å². The van der Waals surface area contributed by atoms with E-state index in [4.69, 9.17) is 15.3 Å². The Balaban J connectivity index is 0.000000141. The standard InChI is InChI=1S/2C10H8O2/c11-9-3-1-7-2-4-10(12)6-8(7)5-9;11-9-6-5-7-3-1-2-4-8(7)10(9)12/h2*1-6,11-12H. The van der Waals surface area contributed by atoms with Crippen LogP contribution in [0.4, 0.5) is 0 Å². The van der Waals surface area contributed by atoms with E-state index in [9.17, 15) is 5.11 Å². The Bertz CT molecular complexity index is 972. The molecule has 4 heteroatoms. The lowest BCUT2D eigenvalue weighted by atomic mass is 10.1. The second-order valence-corrected chi connectivity index (χ2v) is 5.37. The maximum Gasteiger partial charge on any atom is 0.165 e. The van der Waals surface area contributed by atoms with Gasteiger partial charge in [0.25, 0.3) is 0 Å². The zero-order valence-corrected chi connectivity index (χ0v) is 12.7. The molecule has 0 aliphatic heterocycles. The van der Waals surface area contributed by atoms with Crippen LogP contribution in [0.5, 0.6) is 23.0 Å². The van der Waals surface area contributed by atoms with Gasteiger partial charge >= 0.3 is 0 Å². The van der Waals surface area contributed by atoms with Gasteiger partial charge in [0.15, 0.2) is 11.5 Å². The minimum absolute atomic E-state index is 0.0481. The SMILES string of the molecule is Oc1ccc2ccc(O)cc2c1.Oc1ccc2ccccc2c1O. The first kappa shape index (κ1) is 15.5. The molecule has 0 aliphatic rings. The highest BCUT2D eigenvalue weighted by molar-refractivity contribution is 5.90. The third-order valence-electron chi connectivity index (χ3n) is 3.69. The molecule has 0 radical (unpaired) electrons. The normalized spacial score (nSPS) is 10.3. The molecule has 0 saturated heterocycles. The zero-order chi connectivity index (χ0) is 17.1. The summed E-state index contributed by atoms with van der Waals surface area (Å²) >= 11 is 0. The van der Waals surface area contributed by atoms with Gasteiger partial charge in [-0.3, -0.25) is 0 Å². The molecule has 0 unspecified atom stereocenters. The first-order valence-electron chi connectivity index (χ1n) is 7.36. The monoisotopic (exact) mass is 320 g/mol. The van der Waals surface area contributed by atoms with Crippen molar-refractivity contribution in [2.75, 3.05) is 0 Å². The first-order chi connectivity index (χ1) is 11.5. The summed E-state index contributed by atoms with van der Waals surface area (Å²) in [5, 5.41) is 40.3. The lowest BCUT2D eigenvalue weighted by molar-refractivity contribution is 0.408. The molecule has 0 atom stereocenters. The Morgan fingerprint density at radius 1 is 0.500 bits per heavy atom. The van der Waals surface area contributed by atoms with Gasteiger partial charge in [0.05, 0.1) is 0 Å². The van der Waals surface area contributed by atoms with Crippen molar-refractivity contribution in [3.05, 3.63) is 72.8 Å². The lowest BCUT2D eigenvalue weighted by Crippen LogP contribution is -1.73. The zero-order valence-electron chi connectivity index (χ0n) is 12.7. The molecule has 4 aromatic rings. The number of aromatic hydroxyl groups is 4. The highest BCUT2D eigenvalue weighted by atomic mass is 16.3. The maximum atomic E-state index is 9.41. The molecule has 0 aliphatic carbocycles. The highest BCUT2D eigenvalue weighted by Gasteiger charge is 2.02. The molecule has 120 valence electrons. The van der Waals surface area contributed by atoms with E-state index in [1.165, 1.54) is 6.07 Å². The first-order valence-corrected chi connectivity index (χ1v) is 7.36. The summed E-state index contributed by atoms with van der Waals surface area (Å²) in [4.78, 5) is 0. The summed E-state index contributed by atoms with van der Waals surface area (Å²) in [5.74, 6) is 0.308. The van der Waals surface area contributed by atoms with Gasteiger partial charge in [-0.1, -0.05) is 42.5 Å². The van der Waals surface area contributed by atoms with Gasteiger partial charge in [0.1, 0.15) is 11.5 Å². The molecule has 4 N–H and O–H groups in total. The summed E-state index contributed by atoms with van der Waals surface area (Å²) in [6.45, 7) is 0. The van der Waals surface area contributed by atoms with Crippen molar-refractivity contribution < 1.29 is 20.4 Å². The van der Waals surface area contributed by atoms with Crippen LogP contribution in [0, 0.1) is 0 Å². The number of phenolic OH excluding ortho intramolecular Hbond substituents is 4. The Labute approximate surface area is 138 Å². The van der Waals surface area contributed by atoms with Crippen molar-refractivity contribution in [1.82, 2.24) is 0 Å². The van der Waals surface area contributed by atoms with Crippen LogP contribution in [0.25, 0.3) is 21.5 Å². The summed E-state index contributed by atoms with van der Waals surface area (Å²) in [6.07, 6.45) is 0. The largest absolute Gasteiger partial charge is 0.508 e. The van der Waals surface area contributed by atoms with Crippen molar-refractivity contribution in [3.8, 4) is 23.0 Å². The molecule has 0 aromatic heterocycles. The van der Waals surface area contributed by atoms with Crippen molar-refractivity contribution in [3.63, 3.8) is 0 Å². The third kappa shape index (κ3) is 3.17. The minimum atomic E-state index is -0.0753. The highest BCUT2D eigenvalue weighted by Crippen LogP contribution is 2.32. The molecule has 0 amide bonds. The van der Waals surface area contributed by atoms with Crippen molar-refractivity contribution in [2.45, 2.75) is 0 Å². The van der Waals surface area contributed by atoms with Crippen molar-refractivity contribution in [2.24, 2.45) is 0 Å². The number of fused-ring (bicyclic) bond motifs is 2. The summed E-state index contributed by atoms with van der Waals surface area (Å²) in [7, 11) is 0. The summed E-state index contributed by atoms with van der Waals surface area (Å²) in [6, 6.07) is 20.7. The predicted molar refractivity (Wildman–Crippen MR) is 94.6 cm³/mol. The lowest BCUT2D eigenvalue weighted by Gasteiger charge is -2.01. The predicted octanol–water partition coefficient (Wildman–Crippen LogP) is 4.50. The minimum Gasteiger partial charge on any atom is -0.508 e. The molecule has 0 fully saturated rings. The van der Waals surface area contributed by atoms with Crippen LogP contribution in [0.15, 0.2) is 72.8 Å². The average molecular weight is 320 g/mol. The molecule has 0 heterocycles. The van der Waals surface area contributed by atoms with E-state index in [1.54, 1.807) is 36.4 Å². The quantitative estimate of drug-likeness (QED) is 0.360. The number of rotatable bonds is 0. The molecule has 4 nitrogen and oxygen atoms in total. The van der Waals surface area contributed by atoms with Crippen LogP contribution in [0.1, 0.15) is 0 Å². The molecule has 0 bridgehead atoms. The Kier molecular flexibility index (Phi) is 4.12. The van der Waals surface area contributed by atoms with Crippen molar-refractivity contribution in [1.29, 1.82) is 0 Å². The number of hydrogen-bond acceptors (Lipinski definition) is 4. The molecular formula is C20H16O4. The van der Waals surface area contributed by atoms with Crippen LogP contribution in [-0.4, -0.2) is 20.4 Å². The average Bonchev–Trinajstić information content (AvgIpc) is 2.59. The van der Waals surface area contributed by atoms with Gasteiger partial charge in [0.2, 0.25) is 0 Å². The van der Waals surface area contributed by atoms with E-state index in [1.807, 2.05) is 30.3 Å². The fraction of sp³-hybridized carbons (Fsp3) is 0. The van der Waals surface area contributed by atoms with E-state index >= 15 is 0 Å². The van der Waals surface area contributed by atoms with Crippen LogP contribution in [0.2, 0.25) is 0 Å². The molecule has 4 aromatic carbocycles. The molecule has 0 saturated carbocycles. The van der Waals surface area contributed by atoms with Gasteiger partial charge in [-0.05, 0) is 46.5 Å². The van der Waals surface area contributed by atoms with Crippen LogP contribution < -0.4 is 0 Å². The third-order valence-corrected chi connectivity index (χ3v) is 3.69. The van der Waals surface area contributed by atoms with Crippen LogP contribution in [-0.2, 0) is 0 Å². The van der Waals surface area contributed by atoms with Crippen molar-refractivity contribution >= 4 is 21.5 Å². The molecule has 0 spiro atoms. The number of benzene rings is 4. The smallest absolute Gasteiger partial charge is 0.165 e. The Morgan fingerprint density at radius 2 is 1.08 bits per heavy atom. The van der Waals surface area contributed by atoms with E-state index < -0.39 is 0 Å². The van der Waals surface area contributed by atoms with Gasteiger partial charge in [0, 0.05) is 5.39 Å². The fourth-order valence-electron chi connectivity index (χ4n) is 2.47. The van der Waals surface area contributed by atoms with Gasteiger partial charge in [-0.2, -0.15) is 0 Å². The second-order valence-electron chi connectivity index (χ2n) is 5.37. The van der Waals surface area contributed by atoms with Gasteiger partial charge < -0.3 is 20.4 Å². The van der Waals surface area contributed by atoms with E-state index in [0.717, 1.165) is 16.2 Å². The molecular weight excluding hydrogens is 304 g/mol. The summed E-state index contributed by atoms with van der Waals surface area (Å²) in [5.41, 5.74) is 0.